The van der Waals surface area contributed by atoms with Gasteiger partial charge in [-0.05, 0) is 12.0 Å². The number of carbonyl (C=O) groups is 2. The molecule has 1 amide bonds. The third-order valence-electron chi connectivity index (χ3n) is 2.17. The maximum atomic E-state index is 11.5. The maximum absolute atomic E-state index is 11.5. The standard InChI is InChI=1S/C11H15N3O3/c1-8(5-11(16)17)4-10(15)13-6-9-2-3-12-7-14-9/h2-3,7-8H,4-6H2,1H3,(H,13,15)(H,16,17). The van der Waals surface area contributed by atoms with E-state index < -0.39 is 5.97 Å². The van der Waals surface area contributed by atoms with E-state index in [1.54, 1.807) is 19.2 Å². The largest absolute Gasteiger partial charge is 0.481 e. The minimum atomic E-state index is -0.888. The SMILES string of the molecule is CC(CC(=O)O)CC(=O)NCc1ccncn1. The number of nitrogens with one attached hydrogen (secondary N) is 1. The minimum Gasteiger partial charge on any atom is -0.481 e. The van der Waals surface area contributed by atoms with Crippen LogP contribution in [0.5, 0.6) is 0 Å². The normalized spacial score (nSPS) is 11.8. The number of amides is 1. The van der Waals surface area contributed by atoms with Crippen molar-refractivity contribution in [1.29, 1.82) is 0 Å². The monoisotopic (exact) mass is 237 g/mol. The summed E-state index contributed by atoms with van der Waals surface area (Å²) in [5.74, 6) is -1.23. The molecule has 17 heavy (non-hydrogen) atoms. The molecule has 6 heteroatoms. The summed E-state index contributed by atoms with van der Waals surface area (Å²) < 4.78 is 0. The molecule has 92 valence electrons. The van der Waals surface area contributed by atoms with Crippen LogP contribution in [0.2, 0.25) is 0 Å². The highest BCUT2D eigenvalue weighted by Gasteiger charge is 2.12. The molecule has 0 radical (unpaired) electrons. The Morgan fingerprint density at radius 2 is 2.24 bits per heavy atom. The summed E-state index contributed by atoms with van der Waals surface area (Å²) in [4.78, 5) is 29.6. The lowest BCUT2D eigenvalue weighted by Gasteiger charge is -2.08. The zero-order valence-electron chi connectivity index (χ0n) is 9.59. The molecule has 0 bridgehead atoms. The molecule has 1 rings (SSSR count). The smallest absolute Gasteiger partial charge is 0.303 e. The van der Waals surface area contributed by atoms with Gasteiger partial charge in [0.05, 0.1) is 12.2 Å². The van der Waals surface area contributed by atoms with Crippen molar-refractivity contribution in [3.05, 3.63) is 24.3 Å². The second-order valence-corrected chi connectivity index (χ2v) is 3.88. The van der Waals surface area contributed by atoms with E-state index in [1.165, 1.54) is 6.33 Å². The minimum absolute atomic E-state index is 0.000920. The second-order valence-electron chi connectivity index (χ2n) is 3.88. The average Bonchev–Trinajstić information content (AvgIpc) is 2.26. The Balaban J connectivity index is 2.28. The Labute approximate surface area is 99.1 Å². The Hall–Kier alpha value is -1.98. The molecular weight excluding hydrogens is 222 g/mol. The van der Waals surface area contributed by atoms with E-state index in [-0.39, 0.29) is 24.7 Å². The first-order valence-electron chi connectivity index (χ1n) is 5.31. The summed E-state index contributed by atoms with van der Waals surface area (Å²) in [5, 5.41) is 11.2. The van der Waals surface area contributed by atoms with E-state index in [4.69, 9.17) is 5.11 Å². The molecule has 2 N–H and O–H groups in total. The Morgan fingerprint density at radius 1 is 1.47 bits per heavy atom. The maximum Gasteiger partial charge on any atom is 0.303 e. The van der Waals surface area contributed by atoms with Crippen molar-refractivity contribution in [2.24, 2.45) is 5.92 Å². The predicted molar refractivity (Wildman–Crippen MR) is 59.9 cm³/mol. The van der Waals surface area contributed by atoms with Crippen LogP contribution in [0, 0.1) is 5.92 Å². The van der Waals surface area contributed by atoms with Crippen LogP contribution < -0.4 is 5.32 Å². The molecule has 0 aromatic carbocycles. The van der Waals surface area contributed by atoms with Gasteiger partial charge >= 0.3 is 5.97 Å². The number of nitrogens with zero attached hydrogens (tertiary/aromatic N) is 2. The molecule has 0 aliphatic carbocycles. The van der Waals surface area contributed by atoms with Gasteiger partial charge < -0.3 is 10.4 Å². The summed E-state index contributed by atoms with van der Waals surface area (Å²) in [5.41, 5.74) is 0.722. The Kier molecular flexibility index (Phi) is 5.06. The number of hydrogen-bond acceptors (Lipinski definition) is 4. The van der Waals surface area contributed by atoms with Gasteiger partial charge in [0, 0.05) is 19.0 Å². The molecule has 1 unspecified atom stereocenters. The van der Waals surface area contributed by atoms with Gasteiger partial charge in [-0.1, -0.05) is 6.92 Å². The fourth-order valence-corrected chi connectivity index (χ4v) is 1.37. The van der Waals surface area contributed by atoms with E-state index in [9.17, 15) is 9.59 Å². The van der Waals surface area contributed by atoms with Gasteiger partial charge in [0.2, 0.25) is 5.91 Å². The highest BCUT2D eigenvalue weighted by Crippen LogP contribution is 2.06. The predicted octanol–water partition coefficient (Wildman–Crippen LogP) is 0.594. The highest BCUT2D eigenvalue weighted by atomic mass is 16.4. The van der Waals surface area contributed by atoms with E-state index >= 15 is 0 Å². The topological polar surface area (TPSA) is 92.2 Å². The van der Waals surface area contributed by atoms with Gasteiger partial charge in [0.15, 0.2) is 0 Å². The number of carboxylic acid groups (broad SMARTS) is 1. The lowest BCUT2D eigenvalue weighted by Crippen LogP contribution is -2.25. The molecule has 6 nitrogen and oxygen atoms in total. The summed E-state index contributed by atoms with van der Waals surface area (Å²) in [7, 11) is 0. The van der Waals surface area contributed by atoms with Crippen molar-refractivity contribution in [2.45, 2.75) is 26.3 Å². The van der Waals surface area contributed by atoms with E-state index in [2.05, 4.69) is 15.3 Å². The van der Waals surface area contributed by atoms with Crippen molar-refractivity contribution in [3.8, 4) is 0 Å². The number of aromatic nitrogens is 2. The molecule has 1 aromatic heterocycles. The summed E-state index contributed by atoms with van der Waals surface area (Å²) >= 11 is 0. The molecule has 0 fully saturated rings. The lowest BCUT2D eigenvalue weighted by atomic mass is 10.0. The van der Waals surface area contributed by atoms with E-state index in [1.807, 2.05) is 0 Å². The van der Waals surface area contributed by atoms with Gasteiger partial charge in [-0.25, -0.2) is 9.97 Å². The molecule has 0 aliphatic heterocycles. The second kappa shape index (κ2) is 6.57. The van der Waals surface area contributed by atoms with Gasteiger partial charge in [-0.15, -0.1) is 0 Å². The van der Waals surface area contributed by atoms with Gasteiger partial charge in [0.25, 0.3) is 0 Å². The zero-order valence-corrected chi connectivity index (χ0v) is 9.59. The molecule has 0 saturated heterocycles. The Bertz CT molecular complexity index is 381. The van der Waals surface area contributed by atoms with Crippen LogP contribution in [-0.2, 0) is 16.1 Å². The number of rotatable bonds is 6. The van der Waals surface area contributed by atoms with E-state index in [0.29, 0.717) is 6.54 Å². The number of aliphatic carboxylic acids is 1. The van der Waals surface area contributed by atoms with Crippen LogP contribution in [0.15, 0.2) is 18.6 Å². The third kappa shape index (κ3) is 5.60. The van der Waals surface area contributed by atoms with Gasteiger partial charge in [0.1, 0.15) is 6.33 Å². The summed E-state index contributed by atoms with van der Waals surface area (Å²) in [6, 6.07) is 1.71. The number of hydrogen-bond donors (Lipinski definition) is 2. The fraction of sp³-hybridized carbons (Fsp3) is 0.455. The van der Waals surface area contributed by atoms with Crippen molar-refractivity contribution in [3.63, 3.8) is 0 Å². The fourth-order valence-electron chi connectivity index (χ4n) is 1.37. The summed E-state index contributed by atoms with van der Waals surface area (Å²) in [6.07, 6.45) is 3.22. The van der Waals surface area contributed by atoms with Crippen LogP contribution >= 0.6 is 0 Å². The number of carbonyl (C=O) groups excluding carboxylic acids is 1. The van der Waals surface area contributed by atoms with Crippen LogP contribution in [0.3, 0.4) is 0 Å². The van der Waals surface area contributed by atoms with Crippen LogP contribution in [-0.4, -0.2) is 27.0 Å². The first-order chi connectivity index (χ1) is 8.08. The first-order valence-corrected chi connectivity index (χ1v) is 5.31. The third-order valence-corrected chi connectivity index (χ3v) is 2.17. The molecule has 0 saturated carbocycles. The molecule has 0 aliphatic rings. The van der Waals surface area contributed by atoms with Crippen molar-refractivity contribution in [1.82, 2.24) is 15.3 Å². The zero-order chi connectivity index (χ0) is 12.7. The molecule has 1 atom stereocenters. The molecular formula is C11H15N3O3. The summed E-state index contributed by atoms with van der Waals surface area (Å²) in [6.45, 7) is 2.07. The van der Waals surface area contributed by atoms with Crippen molar-refractivity contribution >= 4 is 11.9 Å². The van der Waals surface area contributed by atoms with E-state index in [0.717, 1.165) is 5.69 Å². The van der Waals surface area contributed by atoms with Crippen molar-refractivity contribution < 1.29 is 14.7 Å². The first kappa shape index (κ1) is 13.1. The van der Waals surface area contributed by atoms with Crippen molar-refractivity contribution in [2.75, 3.05) is 0 Å². The Morgan fingerprint density at radius 3 is 2.82 bits per heavy atom. The van der Waals surface area contributed by atoms with Gasteiger partial charge in [-0.3, -0.25) is 9.59 Å². The molecule has 0 spiro atoms. The van der Waals surface area contributed by atoms with Gasteiger partial charge in [-0.2, -0.15) is 0 Å². The van der Waals surface area contributed by atoms with Crippen LogP contribution in [0.4, 0.5) is 0 Å². The van der Waals surface area contributed by atoms with Crippen LogP contribution in [0.25, 0.3) is 0 Å². The molecule has 1 heterocycles. The van der Waals surface area contributed by atoms with Crippen LogP contribution in [0.1, 0.15) is 25.5 Å². The average molecular weight is 237 g/mol. The number of carboxylic acids is 1. The molecule has 1 aromatic rings. The highest BCUT2D eigenvalue weighted by molar-refractivity contribution is 5.77. The quantitative estimate of drug-likeness (QED) is 0.755. The lowest BCUT2D eigenvalue weighted by molar-refractivity contribution is -0.138.